The Kier molecular flexibility index (Phi) is 4.33. The van der Waals surface area contributed by atoms with Gasteiger partial charge >= 0.3 is 0 Å². The number of fused-ring (bicyclic) bond motifs is 1. The van der Waals surface area contributed by atoms with E-state index < -0.39 is 0 Å². The van der Waals surface area contributed by atoms with Gasteiger partial charge < -0.3 is 10.1 Å². The van der Waals surface area contributed by atoms with Gasteiger partial charge in [-0.15, -0.1) is 0 Å². The average Bonchev–Trinajstić information content (AvgIpc) is 3.09. The van der Waals surface area contributed by atoms with E-state index in [1.807, 2.05) is 0 Å². The zero-order chi connectivity index (χ0) is 13.8. The van der Waals surface area contributed by atoms with Crippen molar-refractivity contribution in [2.45, 2.75) is 45.4 Å². The average molecular weight is 273 g/mol. The largest absolute Gasteiger partial charge is 0.376 e. The first-order valence-electron chi connectivity index (χ1n) is 7.65. The van der Waals surface area contributed by atoms with Gasteiger partial charge in [0.05, 0.1) is 23.9 Å². The van der Waals surface area contributed by atoms with E-state index >= 15 is 0 Å². The Hall–Kier alpha value is -1.39. The summed E-state index contributed by atoms with van der Waals surface area (Å²) >= 11 is 0. The highest BCUT2D eigenvalue weighted by Crippen LogP contribution is 2.21. The van der Waals surface area contributed by atoms with Gasteiger partial charge in [-0.1, -0.05) is 25.1 Å². The maximum atomic E-state index is 5.74. The fourth-order valence-electron chi connectivity index (χ4n) is 2.83. The number of ether oxygens (including phenoxy) is 1. The van der Waals surface area contributed by atoms with E-state index in [-0.39, 0.29) is 0 Å². The number of aromatic nitrogens is 2. The van der Waals surface area contributed by atoms with Crippen molar-refractivity contribution < 1.29 is 4.74 Å². The van der Waals surface area contributed by atoms with E-state index in [0.29, 0.717) is 6.10 Å². The summed E-state index contributed by atoms with van der Waals surface area (Å²) in [4.78, 5) is 0. The summed E-state index contributed by atoms with van der Waals surface area (Å²) in [6.45, 7) is 5.82. The molecular weight excluding hydrogens is 250 g/mol. The van der Waals surface area contributed by atoms with E-state index in [2.05, 4.69) is 41.2 Å². The fraction of sp³-hybridized carbons (Fsp3) is 0.562. The normalized spacial score (nSPS) is 18.9. The second-order valence-electron chi connectivity index (χ2n) is 5.46. The Morgan fingerprint density at radius 1 is 1.40 bits per heavy atom. The van der Waals surface area contributed by atoms with Gasteiger partial charge in [-0.2, -0.15) is 5.10 Å². The van der Waals surface area contributed by atoms with E-state index in [4.69, 9.17) is 9.84 Å². The molecule has 1 aliphatic heterocycles. The number of nitrogens with one attached hydrogen (secondary N) is 1. The smallest absolute Gasteiger partial charge is 0.0841 e. The van der Waals surface area contributed by atoms with Crippen molar-refractivity contribution in [3.63, 3.8) is 0 Å². The molecule has 1 aliphatic rings. The molecule has 2 aromatic rings. The molecule has 1 saturated heterocycles. The summed E-state index contributed by atoms with van der Waals surface area (Å²) < 4.78 is 7.86. The van der Waals surface area contributed by atoms with Gasteiger partial charge in [-0.3, -0.25) is 4.68 Å². The lowest BCUT2D eigenvalue weighted by molar-refractivity contribution is 0.0950. The van der Waals surface area contributed by atoms with Crippen molar-refractivity contribution in [1.29, 1.82) is 0 Å². The lowest BCUT2D eigenvalue weighted by atomic mass is 10.2. The molecule has 20 heavy (non-hydrogen) atoms. The molecule has 0 saturated carbocycles. The highest BCUT2D eigenvalue weighted by atomic mass is 16.5. The zero-order valence-electron chi connectivity index (χ0n) is 12.1. The summed E-state index contributed by atoms with van der Waals surface area (Å²) in [5.74, 6) is 0. The molecule has 0 amide bonds. The second-order valence-corrected chi connectivity index (χ2v) is 5.46. The molecule has 0 aliphatic carbocycles. The van der Waals surface area contributed by atoms with Gasteiger partial charge in [0.1, 0.15) is 0 Å². The molecule has 0 bridgehead atoms. The predicted molar refractivity (Wildman–Crippen MR) is 80.7 cm³/mol. The first-order valence-corrected chi connectivity index (χ1v) is 7.65. The van der Waals surface area contributed by atoms with Gasteiger partial charge in [-0.05, 0) is 31.9 Å². The van der Waals surface area contributed by atoms with Crippen LogP contribution < -0.4 is 5.32 Å². The van der Waals surface area contributed by atoms with Gasteiger partial charge in [0.15, 0.2) is 0 Å². The molecule has 3 rings (SSSR count). The quantitative estimate of drug-likeness (QED) is 0.823. The molecule has 0 radical (unpaired) electrons. The third-order valence-corrected chi connectivity index (χ3v) is 3.85. The van der Waals surface area contributed by atoms with Crippen LogP contribution in [0.1, 0.15) is 31.9 Å². The summed E-state index contributed by atoms with van der Waals surface area (Å²) in [6.07, 6.45) is 3.80. The first kappa shape index (κ1) is 13.6. The van der Waals surface area contributed by atoms with Crippen molar-refractivity contribution >= 4 is 10.9 Å². The Balaban J connectivity index is 1.83. The molecular formula is C16H23N3O. The molecule has 1 unspecified atom stereocenters. The Bertz CT molecular complexity index is 558. The molecule has 1 N–H and O–H groups in total. The van der Waals surface area contributed by atoms with Crippen molar-refractivity contribution in [2.75, 3.05) is 13.2 Å². The molecule has 108 valence electrons. The summed E-state index contributed by atoms with van der Waals surface area (Å²) in [7, 11) is 0. The van der Waals surface area contributed by atoms with Crippen LogP contribution >= 0.6 is 0 Å². The minimum absolute atomic E-state index is 0.328. The van der Waals surface area contributed by atoms with Crippen molar-refractivity contribution in [1.82, 2.24) is 15.1 Å². The standard InChI is InChI=1S/C16H23N3O/c1-2-9-17-11-15-14-7-3-4-8-16(14)19(18-15)12-13-6-5-10-20-13/h3-4,7-8,13,17H,2,5-6,9-12H2,1H3. The van der Waals surface area contributed by atoms with E-state index in [1.54, 1.807) is 0 Å². The highest BCUT2D eigenvalue weighted by Gasteiger charge is 2.18. The third-order valence-electron chi connectivity index (χ3n) is 3.85. The minimum atomic E-state index is 0.328. The maximum absolute atomic E-state index is 5.74. The van der Waals surface area contributed by atoms with E-state index in [0.717, 1.165) is 44.8 Å². The summed E-state index contributed by atoms with van der Waals surface area (Å²) in [6, 6.07) is 8.49. The number of hydrogen-bond donors (Lipinski definition) is 1. The highest BCUT2D eigenvalue weighted by molar-refractivity contribution is 5.81. The molecule has 1 fully saturated rings. The van der Waals surface area contributed by atoms with E-state index in [9.17, 15) is 0 Å². The van der Waals surface area contributed by atoms with Gasteiger partial charge in [0.2, 0.25) is 0 Å². The predicted octanol–water partition coefficient (Wildman–Crippen LogP) is 2.71. The lowest BCUT2D eigenvalue weighted by Gasteiger charge is -2.10. The zero-order valence-corrected chi connectivity index (χ0v) is 12.1. The summed E-state index contributed by atoms with van der Waals surface area (Å²) in [5, 5.41) is 9.50. The monoisotopic (exact) mass is 273 g/mol. The Morgan fingerprint density at radius 2 is 2.30 bits per heavy atom. The van der Waals surface area contributed by atoms with Crippen molar-refractivity contribution in [2.24, 2.45) is 0 Å². The van der Waals surface area contributed by atoms with Crippen LogP contribution in [0, 0.1) is 0 Å². The lowest BCUT2D eigenvalue weighted by Crippen LogP contribution is -2.17. The van der Waals surface area contributed by atoms with E-state index in [1.165, 1.54) is 17.3 Å². The SMILES string of the molecule is CCCNCc1nn(CC2CCCO2)c2ccccc12. The topological polar surface area (TPSA) is 39.1 Å². The molecule has 4 heteroatoms. The number of nitrogens with zero attached hydrogens (tertiary/aromatic N) is 2. The van der Waals surface area contributed by atoms with Crippen LogP contribution in [-0.2, 0) is 17.8 Å². The number of hydrogen-bond acceptors (Lipinski definition) is 3. The second kappa shape index (κ2) is 6.37. The number of rotatable bonds is 6. The van der Waals surface area contributed by atoms with Crippen LogP contribution in [0.5, 0.6) is 0 Å². The van der Waals surface area contributed by atoms with Crippen molar-refractivity contribution in [3.8, 4) is 0 Å². The Labute approximate surface area is 120 Å². The molecule has 1 aromatic carbocycles. The fourth-order valence-corrected chi connectivity index (χ4v) is 2.83. The van der Waals surface area contributed by atoms with Crippen molar-refractivity contribution in [3.05, 3.63) is 30.0 Å². The minimum Gasteiger partial charge on any atom is -0.376 e. The number of para-hydroxylation sites is 1. The van der Waals surface area contributed by atoms with Gasteiger partial charge in [0, 0.05) is 18.5 Å². The summed E-state index contributed by atoms with van der Waals surface area (Å²) in [5.41, 5.74) is 2.36. The van der Waals surface area contributed by atoms with Crippen LogP contribution in [0.2, 0.25) is 0 Å². The molecule has 1 atom stereocenters. The maximum Gasteiger partial charge on any atom is 0.0841 e. The molecule has 4 nitrogen and oxygen atoms in total. The third kappa shape index (κ3) is 2.86. The van der Waals surface area contributed by atoms with Crippen LogP contribution in [0.4, 0.5) is 0 Å². The number of benzene rings is 1. The molecule has 0 spiro atoms. The van der Waals surface area contributed by atoms with Crippen LogP contribution in [0.25, 0.3) is 10.9 Å². The van der Waals surface area contributed by atoms with Gasteiger partial charge in [0.25, 0.3) is 0 Å². The Morgan fingerprint density at radius 3 is 3.10 bits per heavy atom. The molecule has 1 aromatic heterocycles. The first-order chi connectivity index (χ1) is 9.88. The van der Waals surface area contributed by atoms with Gasteiger partial charge in [-0.25, -0.2) is 0 Å². The molecule has 2 heterocycles. The van der Waals surface area contributed by atoms with Crippen LogP contribution in [0.15, 0.2) is 24.3 Å². The van der Waals surface area contributed by atoms with Crippen LogP contribution in [-0.4, -0.2) is 29.0 Å². The van der Waals surface area contributed by atoms with Crippen LogP contribution in [0.3, 0.4) is 0 Å².